The molecule has 0 aliphatic carbocycles. The largest absolute Gasteiger partial charge is 0.347 e. The van der Waals surface area contributed by atoms with E-state index in [4.69, 9.17) is 4.98 Å². The van der Waals surface area contributed by atoms with Crippen LogP contribution in [0.25, 0.3) is 11.1 Å². The van der Waals surface area contributed by atoms with Crippen molar-refractivity contribution in [3.05, 3.63) is 70.7 Å². The minimum Gasteiger partial charge on any atom is -0.347 e. The number of carbonyl (C=O) groups is 1. The third kappa shape index (κ3) is 4.39. The fourth-order valence-corrected chi connectivity index (χ4v) is 4.19. The summed E-state index contributed by atoms with van der Waals surface area (Å²) in [5, 5.41) is 0. The number of anilines is 1. The molecule has 1 saturated heterocycles. The van der Waals surface area contributed by atoms with Crippen molar-refractivity contribution in [3.63, 3.8) is 0 Å². The van der Waals surface area contributed by atoms with E-state index in [9.17, 15) is 9.59 Å². The van der Waals surface area contributed by atoms with E-state index < -0.39 is 0 Å². The molecule has 1 aliphatic rings. The molecule has 3 aromatic heterocycles. The molecule has 0 spiro atoms. The molecule has 1 atom stereocenters. The van der Waals surface area contributed by atoms with Gasteiger partial charge < -0.3 is 14.4 Å². The van der Waals surface area contributed by atoms with Gasteiger partial charge in [0.25, 0.3) is 5.56 Å². The zero-order valence-electron chi connectivity index (χ0n) is 18.7. The van der Waals surface area contributed by atoms with Gasteiger partial charge in [0.1, 0.15) is 0 Å². The van der Waals surface area contributed by atoms with Gasteiger partial charge in [0.2, 0.25) is 11.9 Å². The topological polar surface area (TPSA) is 84.2 Å². The first-order valence-corrected chi connectivity index (χ1v) is 10.9. The summed E-state index contributed by atoms with van der Waals surface area (Å²) in [5.74, 6) is 0.649. The molecule has 0 radical (unpaired) electrons. The average molecular weight is 433 g/mol. The predicted octanol–water partition coefficient (Wildman–Crippen LogP) is 2.83. The highest BCUT2D eigenvalue weighted by Gasteiger charge is 2.33. The molecule has 0 bridgehead atoms. The van der Waals surface area contributed by atoms with Crippen molar-refractivity contribution < 1.29 is 4.79 Å². The summed E-state index contributed by atoms with van der Waals surface area (Å²) in [6, 6.07) is 6.86. The Morgan fingerprint density at radius 1 is 1.19 bits per heavy atom. The minimum atomic E-state index is -0.126. The molecular formula is C24H28N6O2. The molecule has 0 unspecified atom stereocenters. The Morgan fingerprint density at radius 2 is 2.03 bits per heavy atom. The van der Waals surface area contributed by atoms with Crippen LogP contribution in [0.5, 0.6) is 0 Å². The Kier molecular flexibility index (Phi) is 6.30. The molecule has 32 heavy (non-hydrogen) atoms. The number of carbonyl (C=O) groups excluding carboxylic acids is 1. The van der Waals surface area contributed by atoms with Gasteiger partial charge in [0.15, 0.2) is 0 Å². The normalized spacial score (nSPS) is 15.7. The van der Waals surface area contributed by atoms with Gasteiger partial charge >= 0.3 is 0 Å². The van der Waals surface area contributed by atoms with Crippen LogP contribution in [0.1, 0.15) is 36.6 Å². The first-order chi connectivity index (χ1) is 15.5. The van der Waals surface area contributed by atoms with Crippen LogP contribution in [0.3, 0.4) is 0 Å². The van der Waals surface area contributed by atoms with Crippen molar-refractivity contribution in [1.82, 2.24) is 24.4 Å². The number of aromatic nitrogens is 4. The molecule has 166 valence electrons. The van der Waals surface area contributed by atoms with Crippen molar-refractivity contribution in [2.24, 2.45) is 0 Å². The molecule has 8 heteroatoms. The zero-order chi connectivity index (χ0) is 22.7. The maximum atomic E-state index is 13.2. The average Bonchev–Trinajstić information content (AvgIpc) is 3.28. The lowest BCUT2D eigenvalue weighted by Crippen LogP contribution is -2.33. The first kappa shape index (κ1) is 21.7. The Labute approximate surface area is 187 Å². The van der Waals surface area contributed by atoms with Crippen LogP contribution in [-0.2, 0) is 11.3 Å². The van der Waals surface area contributed by atoms with Gasteiger partial charge in [-0.3, -0.25) is 14.6 Å². The molecule has 1 fully saturated rings. The van der Waals surface area contributed by atoms with Crippen molar-refractivity contribution in [2.75, 3.05) is 25.5 Å². The monoisotopic (exact) mass is 432 g/mol. The first-order valence-electron chi connectivity index (χ1n) is 10.9. The smallest absolute Gasteiger partial charge is 0.250 e. The van der Waals surface area contributed by atoms with Crippen LogP contribution < -0.4 is 10.5 Å². The predicted molar refractivity (Wildman–Crippen MR) is 123 cm³/mol. The third-order valence-corrected chi connectivity index (χ3v) is 5.87. The molecule has 0 saturated carbocycles. The summed E-state index contributed by atoms with van der Waals surface area (Å²) in [7, 11) is 3.82. The summed E-state index contributed by atoms with van der Waals surface area (Å²) in [6.45, 7) is 3.06. The Balaban J connectivity index is 1.66. The van der Waals surface area contributed by atoms with E-state index in [0.717, 1.165) is 35.2 Å². The molecular weight excluding hydrogens is 404 g/mol. The molecule has 1 amide bonds. The lowest BCUT2D eigenvalue weighted by Gasteiger charge is -2.27. The summed E-state index contributed by atoms with van der Waals surface area (Å²) in [4.78, 5) is 42.6. The highest BCUT2D eigenvalue weighted by atomic mass is 16.2. The van der Waals surface area contributed by atoms with Crippen LogP contribution in [-0.4, -0.2) is 51.0 Å². The second-order valence-corrected chi connectivity index (χ2v) is 8.28. The number of rotatable bonds is 6. The fraction of sp³-hybridized carbons (Fsp3) is 0.375. The van der Waals surface area contributed by atoms with Gasteiger partial charge in [0.05, 0.1) is 11.7 Å². The van der Waals surface area contributed by atoms with Gasteiger partial charge in [0, 0.05) is 70.0 Å². The second-order valence-electron chi connectivity index (χ2n) is 8.28. The number of hydrogen-bond acceptors (Lipinski definition) is 6. The Hall–Kier alpha value is -3.55. The van der Waals surface area contributed by atoms with Crippen LogP contribution in [0.4, 0.5) is 5.95 Å². The van der Waals surface area contributed by atoms with Crippen LogP contribution in [0.15, 0.2) is 53.8 Å². The van der Waals surface area contributed by atoms with Crippen LogP contribution in [0, 0.1) is 6.92 Å². The van der Waals surface area contributed by atoms with Gasteiger partial charge in [-0.15, -0.1) is 0 Å². The highest BCUT2D eigenvalue weighted by molar-refractivity contribution is 5.78. The van der Waals surface area contributed by atoms with Gasteiger partial charge in [-0.05, 0) is 43.0 Å². The summed E-state index contributed by atoms with van der Waals surface area (Å²) >= 11 is 0. The molecule has 4 rings (SSSR count). The third-order valence-electron chi connectivity index (χ3n) is 5.87. The number of hydrogen-bond donors (Lipinski definition) is 0. The van der Waals surface area contributed by atoms with Gasteiger partial charge in [-0.1, -0.05) is 6.07 Å². The van der Waals surface area contributed by atoms with E-state index in [1.54, 1.807) is 29.1 Å². The molecule has 8 nitrogen and oxygen atoms in total. The van der Waals surface area contributed by atoms with Gasteiger partial charge in [-0.2, -0.15) is 0 Å². The Bertz CT molecular complexity index is 1170. The van der Waals surface area contributed by atoms with E-state index in [1.807, 2.05) is 49.3 Å². The lowest BCUT2D eigenvalue weighted by atomic mass is 9.97. The van der Waals surface area contributed by atoms with Crippen LogP contribution in [0.2, 0.25) is 0 Å². The quantitative estimate of drug-likeness (QED) is 0.596. The van der Waals surface area contributed by atoms with Crippen molar-refractivity contribution in [2.45, 2.75) is 38.8 Å². The summed E-state index contributed by atoms with van der Waals surface area (Å²) in [5.41, 5.74) is 3.75. The molecule has 0 N–H and O–H groups in total. The van der Waals surface area contributed by atoms with E-state index in [0.29, 0.717) is 19.0 Å². The lowest BCUT2D eigenvalue weighted by molar-refractivity contribution is -0.132. The van der Waals surface area contributed by atoms with E-state index >= 15 is 0 Å². The maximum Gasteiger partial charge on any atom is 0.250 e. The fourth-order valence-electron chi connectivity index (χ4n) is 4.19. The summed E-state index contributed by atoms with van der Waals surface area (Å²) < 4.78 is 1.57. The summed E-state index contributed by atoms with van der Waals surface area (Å²) in [6.07, 6.45) is 9.19. The van der Waals surface area contributed by atoms with Crippen LogP contribution >= 0.6 is 0 Å². The number of amides is 1. The molecule has 3 aromatic rings. The SMILES string of the molecule is Cc1cnccc1-c1cnc(N(C)C)nc1[C@H]1CCCN1C(=O)CCn1ccccc1=O. The molecule has 4 heterocycles. The zero-order valence-corrected chi connectivity index (χ0v) is 18.7. The van der Waals surface area contributed by atoms with Crippen molar-refractivity contribution in [3.8, 4) is 11.1 Å². The maximum absolute atomic E-state index is 13.2. The molecule has 0 aromatic carbocycles. The van der Waals surface area contributed by atoms with E-state index in [1.165, 1.54) is 6.07 Å². The standard InChI is InChI=1S/C24H28N6O2/c1-17-15-25-11-9-18(17)19-16-26-24(28(2)3)27-23(19)20-7-6-13-30(20)22(32)10-14-29-12-5-4-8-21(29)31/h4-5,8-9,11-12,15-16,20H,6-7,10,13-14H2,1-3H3/t20-/m1/s1. The van der Waals surface area contributed by atoms with Crippen molar-refractivity contribution in [1.29, 1.82) is 0 Å². The number of nitrogens with zero attached hydrogens (tertiary/aromatic N) is 6. The van der Waals surface area contributed by atoms with E-state index in [2.05, 4.69) is 9.97 Å². The Morgan fingerprint density at radius 3 is 2.78 bits per heavy atom. The van der Waals surface area contributed by atoms with Gasteiger partial charge in [-0.25, -0.2) is 9.97 Å². The number of pyridine rings is 2. The van der Waals surface area contributed by atoms with Crippen molar-refractivity contribution >= 4 is 11.9 Å². The molecule has 1 aliphatic heterocycles. The number of likely N-dealkylation sites (tertiary alicyclic amines) is 1. The van der Waals surface area contributed by atoms with E-state index in [-0.39, 0.29) is 23.9 Å². The minimum absolute atomic E-state index is 0.0330. The second kappa shape index (κ2) is 9.30. The number of aryl methyl sites for hydroxylation is 2. The highest BCUT2D eigenvalue weighted by Crippen LogP contribution is 2.38.